The second-order valence-corrected chi connectivity index (χ2v) is 6.44. The Kier molecular flexibility index (Phi) is 6.26. The van der Waals surface area contributed by atoms with E-state index in [1.54, 1.807) is 72.8 Å². The first kappa shape index (κ1) is 19.4. The second-order valence-electron chi connectivity index (χ2n) is 6.00. The predicted molar refractivity (Wildman–Crippen MR) is 109 cm³/mol. The van der Waals surface area contributed by atoms with E-state index in [2.05, 4.69) is 10.6 Å². The Hall–Kier alpha value is -3.35. The minimum absolute atomic E-state index is 0.388. The number of hydrogen-bond acceptors (Lipinski definition) is 4. The summed E-state index contributed by atoms with van der Waals surface area (Å²) >= 11 is 5.86. The topological polar surface area (TPSA) is 90.5 Å². The minimum Gasteiger partial charge on any atom is -0.336 e. The quantitative estimate of drug-likeness (QED) is 0.469. The zero-order valence-electron chi connectivity index (χ0n) is 14.7. The summed E-state index contributed by atoms with van der Waals surface area (Å²) in [5.41, 5.74) is 4.10. The molecule has 0 aliphatic heterocycles. The zero-order valence-corrected chi connectivity index (χ0v) is 15.5. The van der Waals surface area contributed by atoms with Crippen molar-refractivity contribution in [2.75, 3.05) is 10.8 Å². The van der Waals surface area contributed by atoms with E-state index in [1.165, 1.54) is 0 Å². The van der Waals surface area contributed by atoms with E-state index in [4.69, 9.17) is 16.8 Å². The summed E-state index contributed by atoms with van der Waals surface area (Å²) in [4.78, 5) is 25.5. The highest BCUT2D eigenvalue weighted by atomic mass is 35.5. The number of carbonyl (C=O) groups excluding carboxylic acids is 2. The van der Waals surface area contributed by atoms with Crippen molar-refractivity contribution in [3.05, 3.63) is 95.0 Å². The first-order valence-corrected chi connectivity index (χ1v) is 8.87. The number of nitrogens with one attached hydrogen (secondary N) is 3. The summed E-state index contributed by atoms with van der Waals surface area (Å²) in [7, 11) is 0. The van der Waals surface area contributed by atoms with Crippen LogP contribution in [-0.4, -0.2) is 17.0 Å². The lowest BCUT2D eigenvalue weighted by Gasteiger charge is -2.19. The second kappa shape index (κ2) is 9.03. The molecule has 0 saturated heterocycles. The zero-order chi connectivity index (χ0) is 19.9. The SMILES string of the molecule is O=C(N[C@H](C(=O)Nc1ccc(NO)cc1)c1ccccc1)c1ccc(Cl)cc1. The van der Waals surface area contributed by atoms with Crippen molar-refractivity contribution < 1.29 is 14.8 Å². The highest BCUT2D eigenvalue weighted by Crippen LogP contribution is 2.19. The Morgan fingerprint density at radius 2 is 1.43 bits per heavy atom. The fraction of sp³-hybridized carbons (Fsp3) is 0.0476. The lowest BCUT2D eigenvalue weighted by atomic mass is 10.1. The van der Waals surface area contributed by atoms with Gasteiger partial charge in [-0.1, -0.05) is 41.9 Å². The molecule has 3 rings (SSSR count). The molecule has 0 radical (unpaired) electrons. The fourth-order valence-electron chi connectivity index (χ4n) is 2.60. The van der Waals surface area contributed by atoms with E-state index in [-0.39, 0.29) is 5.91 Å². The molecule has 0 spiro atoms. The Balaban J connectivity index is 1.81. The normalized spacial score (nSPS) is 11.4. The van der Waals surface area contributed by atoms with Gasteiger partial charge in [-0.05, 0) is 54.1 Å². The van der Waals surface area contributed by atoms with Crippen molar-refractivity contribution in [2.45, 2.75) is 6.04 Å². The van der Waals surface area contributed by atoms with Crippen LogP contribution in [0.4, 0.5) is 11.4 Å². The molecule has 28 heavy (non-hydrogen) atoms. The molecule has 0 unspecified atom stereocenters. The third kappa shape index (κ3) is 4.88. The van der Waals surface area contributed by atoms with Gasteiger partial charge in [-0.3, -0.25) is 20.3 Å². The Morgan fingerprint density at radius 3 is 2.04 bits per heavy atom. The van der Waals surface area contributed by atoms with Crippen molar-refractivity contribution in [1.29, 1.82) is 0 Å². The summed E-state index contributed by atoms with van der Waals surface area (Å²) in [5.74, 6) is -0.779. The van der Waals surface area contributed by atoms with Gasteiger partial charge in [-0.25, -0.2) is 0 Å². The lowest BCUT2D eigenvalue weighted by molar-refractivity contribution is -0.118. The number of rotatable bonds is 6. The number of halogens is 1. The standard InChI is InChI=1S/C21H18ClN3O3/c22-16-8-6-15(7-9-16)20(26)24-19(14-4-2-1-3-5-14)21(27)23-17-10-12-18(25-28)13-11-17/h1-13,19,25,28H,(H,23,27)(H,24,26)/t19-/m0/s1. The number of amides is 2. The van der Waals surface area contributed by atoms with Crippen molar-refractivity contribution in [1.82, 2.24) is 5.32 Å². The van der Waals surface area contributed by atoms with Gasteiger partial charge in [0.25, 0.3) is 11.8 Å². The number of hydrogen-bond donors (Lipinski definition) is 4. The number of anilines is 2. The summed E-state index contributed by atoms with van der Waals surface area (Å²) in [5, 5.41) is 14.9. The maximum Gasteiger partial charge on any atom is 0.252 e. The Morgan fingerprint density at radius 1 is 0.821 bits per heavy atom. The van der Waals surface area contributed by atoms with Gasteiger partial charge < -0.3 is 10.6 Å². The van der Waals surface area contributed by atoms with Crippen molar-refractivity contribution in [2.24, 2.45) is 0 Å². The van der Waals surface area contributed by atoms with Crippen molar-refractivity contribution in [3.8, 4) is 0 Å². The largest absolute Gasteiger partial charge is 0.336 e. The van der Waals surface area contributed by atoms with E-state index >= 15 is 0 Å². The van der Waals surface area contributed by atoms with Gasteiger partial charge in [0.15, 0.2) is 0 Å². The lowest BCUT2D eigenvalue weighted by Crippen LogP contribution is -2.37. The van der Waals surface area contributed by atoms with Crippen LogP contribution in [0, 0.1) is 0 Å². The van der Waals surface area contributed by atoms with E-state index < -0.39 is 11.9 Å². The third-order valence-electron chi connectivity index (χ3n) is 4.06. The van der Waals surface area contributed by atoms with Crippen LogP contribution < -0.4 is 16.1 Å². The first-order valence-electron chi connectivity index (χ1n) is 8.49. The molecule has 2 amide bonds. The van der Waals surface area contributed by atoms with Gasteiger partial charge in [0.1, 0.15) is 6.04 Å². The van der Waals surface area contributed by atoms with Crippen LogP contribution in [0.5, 0.6) is 0 Å². The number of carbonyl (C=O) groups is 2. The van der Waals surface area contributed by atoms with E-state index in [1.807, 2.05) is 11.5 Å². The van der Waals surface area contributed by atoms with Gasteiger partial charge in [0.05, 0.1) is 5.69 Å². The van der Waals surface area contributed by atoms with Gasteiger partial charge >= 0.3 is 0 Å². The summed E-state index contributed by atoms with van der Waals surface area (Å²) in [6.07, 6.45) is 0. The molecule has 0 aromatic heterocycles. The average Bonchev–Trinajstić information content (AvgIpc) is 2.73. The van der Waals surface area contributed by atoms with Crippen molar-refractivity contribution >= 4 is 34.8 Å². The molecule has 142 valence electrons. The molecule has 3 aromatic rings. The van der Waals surface area contributed by atoms with Gasteiger partial charge in [0.2, 0.25) is 0 Å². The molecule has 0 heterocycles. The molecule has 0 saturated carbocycles. The molecule has 0 aliphatic carbocycles. The van der Waals surface area contributed by atoms with Crippen LogP contribution in [0.1, 0.15) is 22.0 Å². The minimum atomic E-state index is -0.889. The molecule has 7 heteroatoms. The number of benzene rings is 3. The predicted octanol–water partition coefficient (Wildman–Crippen LogP) is 4.25. The van der Waals surface area contributed by atoms with Gasteiger partial charge in [-0.2, -0.15) is 0 Å². The molecular weight excluding hydrogens is 378 g/mol. The Labute approximate surface area is 167 Å². The first-order chi connectivity index (χ1) is 13.6. The molecule has 0 bridgehead atoms. The highest BCUT2D eigenvalue weighted by molar-refractivity contribution is 6.30. The van der Waals surface area contributed by atoms with Crippen LogP contribution in [-0.2, 0) is 4.79 Å². The summed E-state index contributed by atoms with van der Waals surface area (Å²) in [6, 6.07) is 21.0. The fourth-order valence-corrected chi connectivity index (χ4v) is 2.73. The maximum atomic E-state index is 12.9. The average molecular weight is 396 g/mol. The highest BCUT2D eigenvalue weighted by Gasteiger charge is 2.23. The molecule has 1 atom stereocenters. The van der Waals surface area contributed by atoms with E-state index in [9.17, 15) is 9.59 Å². The maximum absolute atomic E-state index is 12.9. The van der Waals surface area contributed by atoms with Crippen LogP contribution in [0.3, 0.4) is 0 Å². The molecule has 6 nitrogen and oxygen atoms in total. The smallest absolute Gasteiger partial charge is 0.252 e. The summed E-state index contributed by atoms with van der Waals surface area (Å²) < 4.78 is 0. The van der Waals surface area contributed by atoms with Crippen molar-refractivity contribution in [3.63, 3.8) is 0 Å². The van der Waals surface area contributed by atoms with Crippen LogP contribution in [0.25, 0.3) is 0 Å². The van der Waals surface area contributed by atoms with Gasteiger partial charge in [0, 0.05) is 16.3 Å². The van der Waals surface area contributed by atoms with Crippen LogP contribution in [0.15, 0.2) is 78.9 Å². The molecule has 4 N–H and O–H groups in total. The monoisotopic (exact) mass is 395 g/mol. The molecular formula is C21H18ClN3O3. The van der Waals surface area contributed by atoms with Crippen LogP contribution in [0.2, 0.25) is 5.02 Å². The van der Waals surface area contributed by atoms with Crippen LogP contribution >= 0.6 is 11.6 Å². The molecule has 3 aromatic carbocycles. The molecule has 0 aliphatic rings. The Bertz CT molecular complexity index is 945. The summed E-state index contributed by atoms with van der Waals surface area (Å²) in [6.45, 7) is 0. The van der Waals surface area contributed by atoms with E-state index in [0.717, 1.165) is 0 Å². The third-order valence-corrected chi connectivity index (χ3v) is 4.31. The van der Waals surface area contributed by atoms with Gasteiger partial charge in [-0.15, -0.1) is 0 Å². The van der Waals surface area contributed by atoms with E-state index in [0.29, 0.717) is 27.5 Å². The molecule has 0 fully saturated rings.